The van der Waals surface area contributed by atoms with Crippen LogP contribution in [-0.2, 0) is 6.42 Å². The molecule has 0 amide bonds. The largest absolute Gasteiger partial charge is 0.508 e. The molecule has 1 N–H and O–H groups in total. The summed E-state index contributed by atoms with van der Waals surface area (Å²) in [5.74, 6) is 3.02. The van der Waals surface area contributed by atoms with Crippen molar-refractivity contribution in [2.75, 3.05) is 42.0 Å². The Morgan fingerprint density at radius 2 is 1.32 bits per heavy atom. The van der Waals surface area contributed by atoms with Crippen LogP contribution in [0.1, 0.15) is 22.7 Å². The molecule has 1 atom stereocenters. The zero-order valence-corrected chi connectivity index (χ0v) is 20.1. The average molecular weight is 460 g/mol. The van der Waals surface area contributed by atoms with Gasteiger partial charge < -0.3 is 24.1 Å². The topological polar surface area (TPSA) is 60.4 Å². The summed E-state index contributed by atoms with van der Waals surface area (Å²) in [6.45, 7) is 0.912. The van der Waals surface area contributed by atoms with E-state index in [-0.39, 0.29) is 11.8 Å². The Morgan fingerprint density at radius 1 is 0.706 bits per heavy atom. The predicted octanol–water partition coefficient (Wildman–Crippen LogP) is 5.31. The van der Waals surface area contributed by atoms with Gasteiger partial charge in [0.05, 0.1) is 34.5 Å². The fraction of sp³-hybridized carbons (Fsp3) is 0.286. The van der Waals surface area contributed by atoms with Crippen molar-refractivity contribution in [3.63, 3.8) is 0 Å². The Balaban J connectivity index is 1.86. The van der Waals surface area contributed by atoms with Crippen molar-refractivity contribution in [1.29, 1.82) is 0 Å². The number of hydrogen-bond donors (Lipinski definition) is 1. The summed E-state index contributed by atoms with van der Waals surface area (Å²) in [6.07, 6.45) is 0.930. The first-order valence-electron chi connectivity index (χ1n) is 11.3. The molecular weight excluding hydrogens is 430 g/mol. The van der Waals surface area contributed by atoms with Crippen LogP contribution in [0.4, 0.5) is 0 Å². The second-order valence-electron chi connectivity index (χ2n) is 8.66. The zero-order valence-electron chi connectivity index (χ0n) is 20.1. The minimum Gasteiger partial charge on any atom is -0.508 e. The lowest BCUT2D eigenvalue weighted by Gasteiger charge is -2.36. The number of aromatic hydroxyl groups is 1. The van der Waals surface area contributed by atoms with E-state index in [9.17, 15) is 5.11 Å². The van der Waals surface area contributed by atoms with Gasteiger partial charge in [-0.3, -0.25) is 4.90 Å². The van der Waals surface area contributed by atoms with Crippen LogP contribution >= 0.6 is 0 Å². The summed E-state index contributed by atoms with van der Waals surface area (Å²) in [5, 5.41) is 14.3. The van der Waals surface area contributed by atoms with Gasteiger partial charge in [0.15, 0.2) is 23.0 Å². The van der Waals surface area contributed by atoms with E-state index >= 15 is 0 Å². The van der Waals surface area contributed by atoms with Gasteiger partial charge in [-0.25, -0.2) is 0 Å². The molecule has 0 spiro atoms. The standard InChI is InChI=1S/C28H29NO5/c1-29-9-8-17-11-24(31-2)25(32-3)13-20(17)28(29)23-10-16-6-7-18(30)12-19(16)21-14-26(33-4)27(34-5)15-22(21)23/h6-7,10-15,28,30H,8-9H2,1-5H3. The van der Waals surface area contributed by atoms with E-state index in [0.29, 0.717) is 11.5 Å². The van der Waals surface area contributed by atoms with Crippen molar-refractivity contribution in [1.82, 2.24) is 4.90 Å². The van der Waals surface area contributed by atoms with Crippen LogP contribution in [0.2, 0.25) is 0 Å². The van der Waals surface area contributed by atoms with Gasteiger partial charge >= 0.3 is 0 Å². The molecule has 1 aliphatic heterocycles. The number of rotatable bonds is 5. The normalized spacial score (nSPS) is 15.9. The highest BCUT2D eigenvalue weighted by molar-refractivity contribution is 6.10. The Morgan fingerprint density at radius 3 is 2.00 bits per heavy atom. The zero-order chi connectivity index (χ0) is 24.0. The summed E-state index contributed by atoms with van der Waals surface area (Å²) >= 11 is 0. The first-order valence-corrected chi connectivity index (χ1v) is 11.3. The fourth-order valence-electron chi connectivity index (χ4n) is 5.19. The highest BCUT2D eigenvalue weighted by atomic mass is 16.5. The molecule has 4 aromatic rings. The van der Waals surface area contributed by atoms with Crippen LogP contribution in [0.15, 0.2) is 48.5 Å². The number of phenols is 1. The van der Waals surface area contributed by atoms with Crippen LogP contribution < -0.4 is 18.9 Å². The third kappa shape index (κ3) is 3.46. The SMILES string of the molecule is COc1cc2c(cc1OC)C(c1cc3ccc(O)cc3c3cc(OC)c(OC)cc13)N(C)CC2. The van der Waals surface area contributed by atoms with E-state index < -0.39 is 0 Å². The van der Waals surface area contributed by atoms with Gasteiger partial charge in [0.25, 0.3) is 0 Å². The second kappa shape index (κ2) is 8.61. The van der Waals surface area contributed by atoms with Crippen molar-refractivity contribution in [3.8, 4) is 28.7 Å². The summed E-state index contributed by atoms with van der Waals surface area (Å²) in [6, 6.07) is 15.9. The van der Waals surface area contributed by atoms with Crippen LogP contribution in [0, 0.1) is 0 Å². The molecule has 6 heteroatoms. The molecule has 34 heavy (non-hydrogen) atoms. The number of fused-ring (bicyclic) bond motifs is 4. The van der Waals surface area contributed by atoms with Gasteiger partial charge in [-0.1, -0.05) is 6.07 Å². The van der Waals surface area contributed by atoms with Gasteiger partial charge in [0, 0.05) is 6.54 Å². The van der Waals surface area contributed by atoms with E-state index in [1.165, 1.54) is 11.1 Å². The number of nitrogens with zero attached hydrogens (tertiary/aromatic N) is 1. The van der Waals surface area contributed by atoms with Gasteiger partial charge in [-0.15, -0.1) is 0 Å². The van der Waals surface area contributed by atoms with Crippen molar-refractivity contribution in [2.45, 2.75) is 12.5 Å². The quantitative estimate of drug-likeness (QED) is 0.408. The average Bonchev–Trinajstić information content (AvgIpc) is 2.86. The number of ether oxygens (including phenoxy) is 4. The van der Waals surface area contributed by atoms with Gasteiger partial charge in [0.2, 0.25) is 0 Å². The lowest BCUT2D eigenvalue weighted by molar-refractivity contribution is 0.264. The predicted molar refractivity (Wildman–Crippen MR) is 134 cm³/mol. The summed E-state index contributed by atoms with van der Waals surface area (Å²) in [4.78, 5) is 2.37. The van der Waals surface area contributed by atoms with Crippen LogP contribution in [-0.4, -0.2) is 52.0 Å². The summed E-state index contributed by atoms with van der Waals surface area (Å²) in [5.41, 5.74) is 3.60. The first kappa shape index (κ1) is 22.2. The Kier molecular flexibility index (Phi) is 5.62. The number of benzene rings is 4. The highest BCUT2D eigenvalue weighted by Crippen LogP contribution is 2.46. The molecule has 6 nitrogen and oxygen atoms in total. The fourth-order valence-corrected chi connectivity index (χ4v) is 5.19. The molecule has 4 aromatic carbocycles. The third-order valence-electron chi connectivity index (χ3n) is 6.88. The van der Waals surface area contributed by atoms with Crippen molar-refractivity contribution < 1.29 is 24.1 Å². The van der Waals surface area contributed by atoms with Crippen molar-refractivity contribution in [2.24, 2.45) is 0 Å². The Hall–Kier alpha value is -3.64. The maximum atomic E-state index is 10.2. The molecule has 176 valence electrons. The molecule has 0 bridgehead atoms. The summed E-state index contributed by atoms with van der Waals surface area (Å²) in [7, 11) is 8.77. The maximum Gasteiger partial charge on any atom is 0.161 e. The molecule has 1 unspecified atom stereocenters. The molecule has 5 rings (SSSR count). The minimum absolute atomic E-state index is 0.00219. The van der Waals surface area contributed by atoms with Gasteiger partial charge in [0.1, 0.15) is 5.75 Å². The van der Waals surface area contributed by atoms with E-state index in [1.54, 1.807) is 40.6 Å². The Labute approximate surface area is 199 Å². The smallest absolute Gasteiger partial charge is 0.161 e. The molecule has 0 saturated heterocycles. The van der Waals surface area contributed by atoms with Crippen LogP contribution in [0.25, 0.3) is 21.5 Å². The molecule has 0 aliphatic carbocycles. The van der Waals surface area contributed by atoms with Gasteiger partial charge in [-0.2, -0.15) is 0 Å². The van der Waals surface area contributed by atoms with E-state index in [4.69, 9.17) is 18.9 Å². The van der Waals surface area contributed by atoms with Crippen molar-refractivity contribution >= 4 is 21.5 Å². The molecule has 0 radical (unpaired) electrons. The number of phenolic OH excluding ortho intramolecular Hbond substituents is 1. The Bertz CT molecular complexity index is 1400. The van der Waals surface area contributed by atoms with Crippen molar-refractivity contribution in [3.05, 3.63) is 65.2 Å². The van der Waals surface area contributed by atoms with Gasteiger partial charge in [-0.05, 0) is 94.2 Å². The molecule has 1 heterocycles. The second-order valence-corrected chi connectivity index (χ2v) is 8.66. The minimum atomic E-state index is 0.00219. The third-order valence-corrected chi connectivity index (χ3v) is 6.88. The monoisotopic (exact) mass is 459 g/mol. The molecule has 0 saturated carbocycles. The van der Waals surface area contributed by atoms with E-state index in [1.807, 2.05) is 18.2 Å². The number of likely N-dealkylation sites (N-methyl/N-ethyl adjacent to an activating group) is 1. The number of hydrogen-bond acceptors (Lipinski definition) is 6. The maximum absolute atomic E-state index is 10.2. The van der Waals surface area contributed by atoms with E-state index in [2.05, 4.69) is 30.1 Å². The first-order chi connectivity index (χ1) is 16.5. The molecule has 0 aromatic heterocycles. The number of methoxy groups -OCH3 is 4. The lowest BCUT2D eigenvalue weighted by atomic mass is 9.84. The molecular formula is C28H29NO5. The van der Waals surface area contributed by atoms with E-state index in [0.717, 1.165) is 51.6 Å². The molecule has 1 aliphatic rings. The van der Waals surface area contributed by atoms with Crippen LogP contribution in [0.5, 0.6) is 28.7 Å². The molecule has 0 fully saturated rings. The summed E-state index contributed by atoms with van der Waals surface area (Å²) < 4.78 is 22.5. The van der Waals surface area contributed by atoms with Crippen LogP contribution in [0.3, 0.4) is 0 Å². The highest BCUT2D eigenvalue weighted by Gasteiger charge is 2.30. The lowest BCUT2D eigenvalue weighted by Crippen LogP contribution is -2.33.